The minimum absolute atomic E-state index is 0.220. The minimum Gasteiger partial charge on any atom is -0.492 e. The monoisotopic (exact) mass is 462 g/mol. The lowest BCUT2D eigenvalue weighted by Gasteiger charge is -2.26. The number of morpholine rings is 1. The molecule has 0 aliphatic carbocycles. The van der Waals surface area contributed by atoms with Crippen molar-refractivity contribution in [2.45, 2.75) is 31.8 Å². The first-order valence-corrected chi connectivity index (χ1v) is 12.0. The number of nitrogens with zero attached hydrogens (tertiary/aromatic N) is 1. The highest BCUT2D eigenvalue weighted by Crippen LogP contribution is 2.20. The molecule has 0 unspecified atom stereocenters. The third-order valence-corrected chi connectivity index (χ3v) is 7.17. The van der Waals surface area contributed by atoms with Crippen LogP contribution in [-0.4, -0.2) is 64.2 Å². The van der Waals surface area contributed by atoms with Gasteiger partial charge in [-0.25, -0.2) is 8.42 Å². The van der Waals surface area contributed by atoms with Crippen molar-refractivity contribution in [3.8, 4) is 11.5 Å². The SMILES string of the molecule is Cc1ccc(O[C@@H](C)C(=O)NCCOc2ccc(S(=O)(=O)N3CCOCC3)cc2)cc1C. The molecule has 2 aromatic rings. The van der Waals surface area contributed by atoms with Gasteiger partial charge in [0, 0.05) is 13.1 Å². The summed E-state index contributed by atoms with van der Waals surface area (Å²) in [5.41, 5.74) is 2.27. The maximum absolute atomic E-state index is 12.6. The van der Waals surface area contributed by atoms with E-state index in [0.717, 1.165) is 5.56 Å². The Morgan fingerprint density at radius 1 is 1.06 bits per heavy atom. The molecule has 32 heavy (non-hydrogen) atoms. The minimum atomic E-state index is -3.53. The summed E-state index contributed by atoms with van der Waals surface area (Å²) in [6, 6.07) is 12.0. The van der Waals surface area contributed by atoms with Crippen LogP contribution in [0, 0.1) is 13.8 Å². The molecule has 0 bridgehead atoms. The van der Waals surface area contributed by atoms with Gasteiger partial charge in [-0.05, 0) is 68.3 Å². The lowest BCUT2D eigenvalue weighted by molar-refractivity contribution is -0.127. The molecule has 2 aromatic carbocycles. The van der Waals surface area contributed by atoms with Crippen LogP contribution in [0.3, 0.4) is 0 Å². The lowest BCUT2D eigenvalue weighted by atomic mass is 10.1. The van der Waals surface area contributed by atoms with Crippen molar-refractivity contribution in [2.75, 3.05) is 39.5 Å². The zero-order valence-corrected chi connectivity index (χ0v) is 19.5. The molecule has 3 rings (SSSR count). The molecule has 1 N–H and O–H groups in total. The van der Waals surface area contributed by atoms with Gasteiger partial charge in [0.05, 0.1) is 24.7 Å². The first-order chi connectivity index (χ1) is 15.3. The Balaban J connectivity index is 1.43. The number of carbonyl (C=O) groups excluding carboxylic acids is 1. The van der Waals surface area contributed by atoms with Crippen LogP contribution in [0.4, 0.5) is 0 Å². The second-order valence-electron chi connectivity index (χ2n) is 7.63. The Bertz CT molecular complexity index is 1020. The van der Waals surface area contributed by atoms with Gasteiger partial charge in [0.25, 0.3) is 5.91 Å². The summed E-state index contributed by atoms with van der Waals surface area (Å²) in [5.74, 6) is 0.942. The van der Waals surface area contributed by atoms with Crippen LogP contribution >= 0.6 is 0 Å². The van der Waals surface area contributed by atoms with E-state index in [-0.39, 0.29) is 17.4 Å². The van der Waals surface area contributed by atoms with E-state index in [1.165, 1.54) is 22.0 Å². The van der Waals surface area contributed by atoms with Gasteiger partial charge in [-0.15, -0.1) is 0 Å². The highest BCUT2D eigenvalue weighted by molar-refractivity contribution is 7.89. The number of benzene rings is 2. The number of carbonyl (C=O) groups is 1. The summed E-state index contributed by atoms with van der Waals surface area (Å²) < 4.78 is 43.2. The fourth-order valence-corrected chi connectivity index (χ4v) is 4.58. The number of hydrogen-bond acceptors (Lipinski definition) is 6. The number of aryl methyl sites for hydroxylation is 2. The van der Waals surface area contributed by atoms with Gasteiger partial charge in [0.2, 0.25) is 10.0 Å². The molecule has 1 aliphatic heterocycles. The van der Waals surface area contributed by atoms with E-state index in [2.05, 4.69) is 5.32 Å². The molecule has 0 saturated carbocycles. The molecule has 0 radical (unpaired) electrons. The summed E-state index contributed by atoms with van der Waals surface area (Å²) in [5, 5.41) is 2.77. The molecule has 1 amide bonds. The number of sulfonamides is 1. The normalized spacial score (nSPS) is 15.7. The van der Waals surface area contributed by atoms with Crippen molar-refractivity contribution in [1.82, 2.24) is 9.62 Å². The van der Waals surface area contributed by atoms with Crippen LogP contribution in [0.15, 0.2) is 47.4 Å². The Morgan fingerprint density at radius 3 is 2.38 bits per heavy atom. The predicted molar refractivity (Wildman–Crippen MR) is 121 cm³/mol. The number of amides is 1. The first-order valence-electron chi connectivity index (χ1n) is 10.6. The molecule has 0 spiro atoms. The maximum Gasteiger partial charge on any atom is 0.260 e. The van der Waals surface area contributed by atoms with E-state index in [1.807, 2.05) is 32.0 Å². The van der Waals surface area contributed by atoms with E-state index in [1.54, 1.807) is 19.1 Å². The van der Waals surface area contributed by atoms with Gasteiger partial charge in [0.15, 0.2) is 6.10 Å². The molecule has 1 atom stereocenters. The zero-order chi connectivity index (χ0) is 23.1. The van der Waals surface area contributed by atoms with Crippen LogP contribution in [-0.2, 0) is 19.6 Å². The van der Waals surface area contributed by atoms with Gasteiger partial charge < -0.3 is 19.5 Å². The van der Waals surface area contributed by atoms with Crippen molar-refractivity contribution in [2.24, 2.45) is 0 Å². The summed E-state index contributed by atoms with van der Waals surface area (Å²) in [4.78, 5) is 12.5. The number of nitrogens with one attached hydrogen (secondary N) is 1. The molecule has 8 nitrogen and oxygen atoms in total. The summed E-state index contributed by atoms with van der Waals surface area (Å²) in [6.45, 7) is 7.77. The standard InChI is InChI=1S/C23H30N2O6S/c1-17-4-5-21(16-18(17)2)31-19(3)23(26)24-10-13-30-20-6-8-22(9-7-20)32(27,28)25-11-14-29-15-12-25/h4-9,16,19H,10-15H2,1-3H3,(H,24,26)/t19-/m0/s1. The summed E-state index contributed by atoms with van der Waals surface area (Å²) >= 11 is 0. The first kappa shape index (κ1) is 24.0. The molecular formula is C23H30N2O6S. The molecule has 0 aromatic heterocycles. The molecule has 1 aliphatic rings. The molecule has 1 saturated heterocycles. The van der Waals surface area contributed by atoms with Gasteiger partial charge >= 0.3 is 0 Å². The van der Waals surface area contributed by atoms with E-state index in [4.69, 9.17) is 14.2 Å². The predicted octanol–water partition coefficient (Wildman–Crippen LogP) is 2.29. The van der Waals surface area contributed by atoms with E-state index in [9.17, 15) is 13.2 Å². The topological polar surface area (TPSA) is 94.2 Å². The van der Waals surface area contributed by atoms with Crippen molar-refractivity contribution in [3.63, 3.8) is 0 Å². The fourth-order valence-electron chi connectivity index (χ4n) is 3.18. The van der Waals surface area contributed by atoms with E-state index >= 15 is 0 Å². The largest absolute Gasteiger partial charge is 0.492 e. The van der Waals surface area contributed by atoms with Crippen LogP contribution in [0.2, 0.25) is 0 Å². The fraction of sp³-hybridized carbons (Fsp3) is 0.435. The van der Waals surface area contributed by atoms with Gasteiger partial charge in [-0.1, -0.05) is 6.07 Å². The van der Waals surface area contributed by atoms with Crippen LogP contribution in [0.5, 0.6) is 11.5 Å². The van der Waals surface area contributed by atoms with Crippen molar-refractivity contribution in [1.29, 1.82) is 0 Å². The average molecular weight is 463 g/mol. The maximum atomic E-state index is 12.6. The van der Waals surface area contributed by atoms with Crippen molar-refractivity contribution in [3.05, 3.63) is 53.6 Å². The highest BCUT2D eigenvalue weighted by atomic mass is 32.2. The third kappa shape index (κ3) is 6.21. The molecule has 1 fully saturated rings. The molecule has 9 heteroatoms. The third-order valence-electron chi connectivity index (χ3n) is 5.26. The molecular weight excluding hydrogens is 432 g/mol. The molecule has 174 valence electrons. The summed E-state index contributed by atoms with van der Waals surface area (Å²) in [7, 11) is -3.53. The van der Waals surface area contributed by atoms with Crippen molar-refractivity contribution >= 4 is 15.9 Å². The van der Waals surface area contributed by atoms with Crippen LogP contribution in [0.1, 0.15) is 18.1 Å². The van der Waals surface area contributed by atoms with Gasteiger partial charge in [0.1, 0.15) is 18.1 Å². The Morgan fingerprint density at radius 2 is 1.72 bits per heavy atom. The summed E-state index contributed by atoms with van der Waals surface area (Å²) in [6.07, 6.45) is -0.637. The second-order valence-corrected chi connectivity index (χ2v) is 9.57. The Labute approximate surface area is 189 Å². The number of ether oxygens (including phenoxy) is 3. The molecule has 1 heterocycles. The zero-order valence-electron chi connectivity index (χ0n) is 18.7. The Kier molecular flexibility index (Phi) is 8.11. The van der Waals surface area contributed by atoms with E-state index < -0.39 is 16.1 Å². The number of rotatable bonds is 9. The lowest BCUT2D eigenvalue weighted by Crippen LogP contribution is -2.40. The van der Waals surface area contributed by atoms with Crippen LogP contribution in [0.25, 0.3) is 0 Å². The quantitative estimate of drug-likeness (QED) is 0.575. The average Bonchev–Trinajstić information content (AvgIpc) is 2.80. The van der Waals surface area contributed by atoms with Crippen molar-refractivity contribution < 1.29 is 27.4 Å². The number of hydrogen-bond donors (Lipinski definition) is 1. The van der Waals surface area contributed by atoms with Crippen LogP contribution < -0.4 is 14.8 Å². The second kappa shape index (κ2) is 10.8. The Hall–Kier alpha value is -2.62. The smallest absolute Gasteiger partial charge is 0.260 e. The van der Waals surface area contributed by atoms with E-state index in [0.29, 0.717) is 44.3 Å². The highest BCUT2D eigenvalue weighted by Gasteiger charge is 2.26. The van der Waals surface area contributed by atoms with Gasteiger partial charge in [-0.2, -0.15) is 4.31 Å². The van der Waals surface area contributed by atoms with Gasteiger partial charge in [-0.3, -0.25) is 4.79 Å².